The average molecular weight is 332 g/mol. The van der Waals surface area contributed by atoms with E-state index in [1.165, 1.54) is 0 Å². The first kappa shape index (κ1) is 16.0. The highest BCUT2D eigenvalue weighted by molar-refractivity contribution is 7.92. The van der Waals surface area contributed by atoms with E-state index in [2.05, 4.69) is 0 Å². The lowest BCUT2D eigenvalue weighted by Gasteiger charge is -2.05. The van der Waals surface area contributed by atoms with Gasteiger partial charge in [-0.1, -0.05) is 29.8 Å². The Morgan fingerprint density at radius 2 is 1.65 bits per heavy atom. The molecular formula is C18H20O4S. The van der Waals surface area contributed by atoms with Crippen LogP contribution in [0.2, 0.25) is 0 Å². The van der Waals surface area contributed by atoms with E-state index in [1.54, 1.807) is 31.4 Å². The average Bonchev–Trinajstić information content (AvgIpc) is 3.31. The molecule has 0 aromatic heterocycles. The Balaban J connectivity index is 1.90. The van der Waals surface area contributed by atoms with Gasteiger partial charge in [-0.2, -0.15) is 0 Å². The van der Waals surface area contributed by atoms with E-state index in [4.69, 9.17) is 4.74 Å². The van der Waals surface area contributed by atoms with Gasteiger partial charge in [-0.15, -0.1) is 0 Å². The maximum absolute atomic E-state index is 12.8. The van der Waals surface area contributed by atoms with Gasteiger partial charge >= 0.3 is 0 Å². The van der Waals surface area contributed by atoms with E-state index in [0.29, 0.717) is 4.90 Å². The zero-order chi connectivity index (χ0) is 16.6. The highest BCUT2D eigenvalue weighted by Gasteiger charge is 2.58. The number of sulfone groups is 1. The molecule has 5 heteroatoms. The Hall–Kier alpha value is -1.85. The fourth-order valence-corrected chi connectivity index (χ4v) is 5.33. The first-order chi connectivity index (χ1) is 11.0. The van der Waals surface area contributed by atoms with Gasteiger partial charge in [0.05, 0.1) is 17.3 Å². The number of hydrogen-bond acceptors (Lipinski definition) is 4. The maximum Gasteiger partial charge on any atom is 0.182 e. The summed E-state index contributed by atoms with van der Waals surface area (Å²) in [5.41, 5.74) is 1.94. The van der Waals surface area contributed by atoms with Gasteiger partial charge in [0.25, 0.3) is 0 Å². The van der Waals surface area contributed by atoms with Crippen LogP contribution in [-0.2, 0) is 9.84 Å². The predicted molar refractivity (Wildman–Crippen MR) is 88.5 cm³/mol. The van der Waals surface area contributed by atoms with Crippen molar-refractivity contribution in [2.75, 3.05) is 13.7 Å². The molecule has 0 spiro atoms. The minimum absolute atomic E-state index is 0.132. The molecule has 0 bridgehead atoms. The van der Waals surface area contributed by atoms with Gasteiger partial charge < -0.3 is 9.84 Å². The second kappa shape index (κ2) is 5.98. The van der Waals surface area contributed by atoms with Crippen LogP contribution in [0.1, 0.15) is 17.0 Å². The topological polar surface area (TPSA) is 63.6 Å². The monoisotopic (exact) mass is 332 g/mol. The third-order valence-corrected chi connectivity index (χ3v) is 6.80. The summed E-state index contributed by atoms with van der Waals surface area (Å²) in [7, 11) is -1.86. The number of rotatable bonds is 5. The fraction of sp³-hybridized carbons (Fsp3) is 0.333. The highest BCUT2D eigenvalue weighted by atomic mass is 32.2. The van der Waals surface area contributed by atoms with Crippen molar-refractivity contribution in [2.45, 2.75) is 23.0 Å². The van der Waals surface area contributed by atoms with Gasteiger partial charge in [-0.05, 0) is 36.8 Å². The Kier molecular flexibility index (Phi) is 4.17. The lowest BCUT2D eigenvalue weighted by atomic mass is 10.1. The summed E-state index contributed by atoms with van der Waals surface area (Å²) >= 11 is 0. The molecule has 1 aliphatic rings. The molecule has 23 heavy (non-hydrogen) atoms. The number of benzene rings is 2. The minimum Gasteiger partial charge on any atom is -0.497 e. The van der Waals surface area contributed by atoms with Crippen molar-refractivity contribution in [1.82, 2.24) is 0 Å². The zero-order valence-corrected chi connectivity index (χ0v) is 14.0. The fourth-order valence-electron chi connectivity index (χ4n) is 3.13. The molecule has 0 radical (unpaired) electrons. The Labute approximate surface area is 136 Å². The molecular weight excluding hydrogens is 312 g/mol. The molecule has 1 N–H and O–H groups in total. The molecule has 3 atom stereocenters. The van der Waals surface area contributed by atoms with Crippen molar-refractivity contribution in [2.24, 2.45) is 5.92 Å². The van der Waals surface area contributed by atoms with Crippen LogP contribution in [0.3, 0.4) is 0 Å². The number of ether oxygens (including phenoxy) is 1. The van der Waals surface area contributed by atoms with E-state index >= 15 is 0 Å². The molecule has 1 saturated carbocycles. The van der Waals surface area contributed by atoms with Crippen LogP contribution in [0.25, 0.3) is 0 Å². The van der Waals surface area contributed by atoms with E-state index < -0.39 is 15.1 Å². The van der Waals surface area contributed by atoms with Crippen LogP contribution < -0.4 is 4.74 Å². The molecule has 4 nitrogen and oxygen atoms in total. The highest BCUT2D eigenvalue weighted by Crippen LogP contribution is 2.53. The van der Waals surface area contributed by atoms with Crippen LogP contribution in [0, 0.1) is 12.8 Å². The minimum atomic E-state index is -3.45. The number of aryl methyl sites for hydroxylation is 1. The van der Waals surface area contributed by atoms with Crippen molar-refractivity contribution in [3.63, 3.8) is 0 Å². The summed E-state index contributed by atoms with van der Waals surface area (Å²) in [6, 6.07) is 14.3. The SMILES string of the molecule is COc1ccc([C@@H]2[C@H](CO)[C@@H]2S(=O)(=O)c2ccc(C)cc2)cc1. The molecule has 1 fully saturated rings. The summed E-state index contributed by atoms with van der Waals surface area (Å²) in [4.78, 5) is 0.322. The largest absolute Gasteiger partial charge is 0.497 e. The van der Waals surface area contributed by atoms with Crippen molar-refractivity contribution < 1.29 is 18.3 Å². The molecule has 3 rings (SSSR count). The second-order valence-electron chi connectivity index (χ2n) is 5.97. The smallest absolute Gasteiger partial charge is 0.182 e. The maximum atomic E-state index is 12.8. The lowest BCUT2D eigenvalue weighted by Crippen LogP contribution is -2.11. The molecule has 2 aromatic rings. The first-order valence-corrected chi connectivity index (χ1v) is 9.09. The Morgan fingerprint density at radius 3 is 2.17 bits per heavy atom. The molecule has 0 aliphatic heterocycles. The summed E-state index contributed by atoms with van der Waals surface area (Å²) < 4.78 is 30.8. The summed E-state index contributed by atoms with van der Waals surface area (Å²) in [6.45, 7) is 1.79. The van der Waals surface area contributed by atoms with Crippen LogP contribution >= 0.6 is 0 Å². The van der Waals surface area contributed by atoms with Crippen molar-refractivity contribution in [1.29, 1.82) is 0 Å². The molecule has 0 amide bonds. The predicted octanol–water partition coefficient (Wildman–Crippen LogP) is 2.55. The van der Waals surface area contributed by atoms with E-state index in [1.807, 2.05) is 31.2 Å². The molecule has 2 aromatic carbocycles. The van der Waals surface area contributed by atoms with Gasteiger partial charge in [-0.25, -0.2) is 8.42 Å². The number of aliphatic hydroxyl groups excluding tert-OH is 1. The lowest BCUT2D eigenvalue weighted by molar-refractivity contribution is 0.274. The van der Waals surface area contributed by atoms with Crippen LogP contribution in [0.5, 0.6) is 5.75 Å². The van der Waals surface area contributed by atoms with Gasteiger partial charge in [0, 0.05) is 18.4 Å². The van der Waals surface area contributed by atoms with E-state index in [9.17, 15) is 13.5 Å². The van der Waals surface area contributed by atoms with Gasteiger partial charge in [0.15, 0.2) is 9.84 Å². The Morgan fingerprint density at radius 1 is 1.04 bits per heavy atom. The van der Waals surface area contributed by atoms with Gasteiger partial charge in [0.1, 0.15) is 5.75 Å². The summed E-state index contributed by atoms with van der Waals surface area (Å²) in [5.74, 6) is 0.305. The van der Waals surface area contributed by atoms with E-state index in [-0.39, 0.29) is 18.4 Å². The summed E-state index contributed by atoms with van der Waals surface area (Å²) in [5, 5.41) is 9.01. The number of methoxy groups -OCH3 is 1. The van der Waals surface area contributed by atoms with Crippen LogP contribution in [-0.4, -0.2) is 32.5 Å². The number of hydrogen-bond donors (Lipinski definition) is 1. The third-order valence-electron chi connectivity index (χ3n) is 4.52. The van der Waals surface area contributed by atoms with Gasteiger partial charge in [-0.3, -0.25) is 0 Å². The quantitative estimate of drug-likeness (QED) is 0.914. The molecule has 1 aliphatic carbocycles. The Bertz CT molecular complexity index is 779. The third kappa shape index (κ3) is 2.86. The molecule has 122 valence electrons. The van der Waals surface area contributed by atoms with Gasteiger partial charge in [0.2, 0.25) is 0 Å². The molecule has 0 heterocycles. The normalized spacial score (nSPS) is 23.5. The number of aliphatic hydroxyl groups is 1. The first-order valence-electron chi connectivity index (χ1n) is 7.54. The van der Waals surface area contributed by atoms with Crippen LogP contribution in [0.4, 0.5) is 0 Å². The molecule has 0 saturated heterocycles. The zero-order valence-electron chi connectivity index (χ0n) is 13.1. The van der Waals surface area contributed by atoms with E-state index in [0.717, 1.165) is 16.9 Å². The van der Waals surface area contributed by atoms with Crippen molar-refractivity contribution in [3.05, 3.63) is 59.7 Å². The standard InChI is InChI=1S/C18H20O4S/c1-12-3-9-15(10-4-12)23(20,21)18-16(11-19)17(18)13-5-7-14(22-2)8-6-13/h3-10,16-19H,11H2,1-2H3/t16-,17+,18-/m0/s1. The van der Waals surface area contributed by atoms with Crippen molar-refractivity contribution in [3.8, 4) is 5.75 Å². The molecule has 0 unspecified atom stereocenters. The van der Waals surface area contributed by atoms with Crippen molar-refractivity contribution >= 4 is 9.84 Å². The van der Waals surface area contributed by atoms with Crippen LogP contribution in [0.15, 0.2) is 53.4 Å². The second-order valence-corrected chi connectivity index (χ2v) is 8.07. The summed E-state index contributed by atoms with van der Waals surface area (Å²) in [6.07, 6.45) is 0.